The fourth-order valence-electron chi connectivity index (χ4n) is 4.39. The van der Waals surface area contributed by atoms with Gasteiger partial charge in [0.05, 0.1) is 16.6 Å². The molecule has 0 aliphatic heterocycles. The van der Waals surface area contributed by atoms with E-state index in [4.69, 9.17) is 5.73 Å². The van der Waals surface area contributed by atoms with Crippen LogP contribution in [0.25, 0.3) is 33.2 Å². The minimum Gasteiger partial charge on any atom is -0.340 e. The molecule has 4 aromatic rings. The monoisotopic (exact) mass is 527 g/mol. The summed E-state index contributed by atoms with van der Waals surface area (Å²) in [5.74, 6) is -1.94. The van der Waals surface area contributed by atoms with Gasteiger partial charge in [0, 0.05) is 36.8 Å². The van der Waals surface area contributed by atoms with Crippen LogP contribution in [-0.2, 0) is 6.18 Å². The Balaban J connectivity index is 1.98. The van der Waals surface area contributed by atoms with Crippen molar-refractivity contribution in [2.45, 2.75) is 32.5 Å². The van der Waals surface area contributed by atoms with Crippen molar-refractivity contribution in [3.05, 3.63) is 89.1 Å². The minimum atomic E-state index is -4.74. The van der Waals surface area contributed by atoms with Gasteiger partial charge in [-0.05, 0) is 78.1 Å². The highest BCUT2D eigenvalue weighted by Gasteiger charge is 2.31. The number of benzene rings is 3. The smallest absolute Gasteiger partial charge is 0.340 e. The van der Waals surface area contributed by atoms with Crippen LogP contribution in [0.15, 0.2) is 60.8 Å². The Morgan fingerprint density at radius 3 is 2.32 bits per heavy atom. The summed E-state index contributed by atoms with van der Waals surface area (Å²) in [5, 5.41) is 0.335. The highest BCUT2D eigenvalue weighted by molar-refractivity contribution is 6.12. The van der Waals surface area contributed by atoms with E-state index in [9.17, 15) is 26.7 Å². The first-order valence-electron chi connectivity index (χ1n) is 12.0. The molecule has 38 heavy (non-hydrogen) atoms. The van der Waals surface area contributed by atoms with Crippen molar-refractivity contribution in [3.63, 3.8) is 0 Å². The van der Waals surface area contributed by atoms with Crippen LogP contribution in [-0.4, -0.2) is 35.4 Å². The zero-order valence-electron chi connectivity index (χ0n) is 21.0. The predicted octanol–water partition coefficient (Wildman–Crippen LogP) is 6.98. The molecule has 0 unspecified atom stereocenters. The average molecular weight is 528 g/mol. The molecule has 1 amide bonds. The van der Waals surface area contributed by atoms with Crippen molar-refractivity contribution in [1.82, 2.24) is 9.88 Å². The second-order valence-corrected chi connectivity index (χ2v) is 9.38. The van der Waals surface area contributed by atoms with Gasteiger partial charge in [-0.15, -0.1) is 0 Å². The van der Waals surface area contributed by atoms with Gasteiger partial charge in [-0.2, -0.15) is 13.2 Å². The molecule has 0 radical (unpaired) electrons. The maximum Gasteiger partial charge on any atom is 0.416 e. The summed E-state index contributed by atoms with van der Waals surface area (Å²) >= 11 is 0. The van der Waals surface area contributed by atoms with Crippen LogP contribution in [0.4, 0.5) is 22.0 Å². The van der Waals surface area contributed by atoms with Crippen LogP contribution >= 0.6 is 0 Å². The van der Waals surface area contributed by atoms with E-state index in [1.54, 1.807) is 26.1 Å². The predicted molar refractivity (Wildman–Crippen MR) is 137 cm³/mol. The summed E-state index contributed by atoms with van der Waals surface area (Å²) in [4.78, 5) is 19.7. The molecule has 3 aromatic carbocycles. The molecule has 0 aliphatic rings. The first kappa shape index (κ1) is 27.2. The molecule has 4 nitrogen and oxygen atoms in total. The van der Waals surface area contributed by atoms with Crippen LogP contribution in [0.3, 0.4) is 0 Å². The lowest BCUT2D eigenvalue weighted by atomic mass is 9.93. The van der Waals surface area contributed by atoms with Crippen molar-refractivity contribution in [2.24, 2.45) is 5.73 Å². The zero-order valence-corrected chi connectivity index (χ0v) is 21.0. The van der Waals surface area contributed by atoms with Gasteiger partial charge in [-0.1, -0.05) is 19.1 Å². The second-order valence-electron chi connectivity index (χ2n) is 9.38. The zero-order chi connectivity index (χ0) is 27.8. The minimum absolute atomic E-state index is 0.00835. The number of hydrogen-bond donors (Lipinski definition) is 1. The Morgan fingerprint density at radius 2 is 1.66 bits per heavy atom. The number of carbonyl (C=O) groups is 1. The van der Waals surface area contributed by atoms with E-state index in [0.717, 1.165) is 12.1 Å². The van der Waals surface area contributed by atoms with Gasteiger partial charge in [0.25, 0.3) is 5.91 Å². The van der Waals surface area contributed by atoms with Crippen LogP contribution < -0.4 is 5.73 Å². The van der Waals surface area contributed by atoms with E-state index in [1.807, 2.05) is 6.92 Å². The standard InChI is InChI=1S/C29H26F5N3O/c1-4-23(35)15-37(3)28(38)27-24-12-17(18-9-20(29(32,33)34)13-22(31)10-18)5-6-26(24)36-14-25(27)19-7-16(2)8-21(30)11-19/h5-14,23H,4,15,35H2,1-3H3/t23-/m0/s1. The molecule has 0 saturated heterocycles. The number of fused-ring (bicyclic) bond motifs is 1. The number of nitrogens with two attached hydrogens (primary N) is 1. The van der Waals surface area contributed by atoms with E-state index >= 15 is 0 Å². The van der Waals surface area contributed by atoms with Gasteiger partial charge in [0.1, 0.15) is 11.6 Å². The summed E-state index contributed by atoms with van der Waals surface area (Å²) in [6.45, 7) is 3.86. The lowest BCUT2D eigenvalue weighted by Crippen LogP contribution is -2.38. The molecule has 1 aromatic heterocycles. The van der Waals surface area contributed by atoms with E-state index < -0.39 is 29.3 Å². The van der Waals surface area contributed by atoms with E-state index in [-0.39, 0.29) is 29.3 Å². The number of likely N-dealkylation sites (N-methyl/N-ethyl adjacent to an activating group) is 1. The Labute approximate surface area is 216 Å². The SMILES string of the molecule is CC[C@H](N)CN(C)C(=O)c1c(-c2cc(C)cc(F)c2)cnc2ccc(-c3cc(F)cc(C(F)(F)F)c3)cc12. The van der Waals surface area contributed by atoms with Crippen molar-refractivity contribution in [2.75, 3.05) is 13.6 Å². The molecule has 0 bridgehead atoms. The van der Waals surface area contributed by atoms with Crippen molar-refractivity contribution in [3.8, 4) is 22.3 Å². The van der Waals surface area contributed by atoms with Crippen LogP contribution in [0.2, 0.25) is 0 Å². The number of nitrogens with zero attached hydrogens (tertiary/aromatic N) is 2. The Bertz CT molecular complexity index is 1500. The average Bonchev–Trinajstić information content (AvgIpc) is 2.85. The molecule has 0 saturated carbocycles. The number of amides is 1. The van der Waals surface area contributed by atoms with E-state index in [2.05, 4.69) is 4.98 Å². The summed E-state index contributed by atoms with van der Waals surface area (Å²) in [7, 11) is 1.59. The maximum atomic E-state index is 14.3. The Hall–Kier alpha value is -3.85. The maximum absolute atomic E-state index is 14.3. The Kier molecular flexibility index (Phi) is 7.51. The third kappa shape index (κ3) is 5.67. The molecule has 2 N–H and O–H groups in total. The molecule has 198 valence electrons. The van der Waals surface area contributed by atoms with Crippen molar-refractivity contribution in [1.29, 1.82) is 0 Å². The molecule has 0 fully saturated rings. The van der Waals surface area contributed by atoms with Crippen molar-refractivity contribution < 1.29 is 26.7 Å². The highest BCUT2D eigenvalue weighted by atomic mass is 19.4. The number of hydrogen-bond acceptors (Lipinski definition) is 3. The molecule has 0 spiro atoms. The molecular formula is C29H26F5N3O. The molecule has 9 heteroatoms. The number of aromatic nitrogens is 1. The second kappa shape index (κ2) is 10.5. The van der Waals surface area contributed by atoms with E-state index in [1.165, 1.54) is 35.4 Å². The first-order chi connectivity index (χ1) is 17.9. The Morgan fingerprint density at radius 1 is 0.974 bits per heavy atom. The first-order valence-corrected chi connectivity index (χ1v) is 12.0. The van der Waals surface area contributed by atoms with Gasteiger partial charge in [-0.25, -0.2) is 8.78 Å². The molecular weight excluding hydrogens is 501 g/mol. The summed E-state index contributed by atoms with van der Waals surface area (Å²) < 4.78 is 68.5. The number of carbonyl (C=O) groups excluding carboxylic acids is 1. The van der Waals surface area contributed by atoms with Gasteiger partial charge < -0.3 is 10.6 Å². The van der Waals surface area contributed by atoms with Crippen LogP contribution in [0, 0.1) is 18.6 Å². The van der Waals surface area contributed by atoms with Crippen LogP contribution in [0.1, 0.15) is 34.8 Å². The van der Waals surface area contributed by atoms with Crippen molar-refractivity contribution >= 4 is 16.8 Å². The quantitative estimate of drug-likeness (QED) is 0.275. The molecule has 4 rings (SSSR count). The molecule has 1 heterocycles. The fourth-order valence-corrected chi connectivity index (χ4v) is 4.39. The normalized spacial score (nSPS) is 12.6. The number of aryl methyl sites for hydroxylation is 1. The number of rotatable bonds is 6. The molecule has 1 atom stereocenters. The highest BCUT2D eigenvalue weighted by Crippen LogP contribution is 2.36. The molecule has 0 aliphatic carbocycles. The largest absolute Gasteiger partial charge is 0.416 e. The number of alkyl halides is 3. The third-order valence-electron chi connectivity index (χ3n) is 6.37. The topological polar surface area (TPSA) is 59.2 Å². The van der Waals surface area contributed by atoms with Gasteiger partial charge in [-0.3, -0.25) is 9.78 Å². The van der Waals surface area contributed by atoms with Gasteiger partial charge in [0.15, 0.2) is 0 Å². The number of pyridine rings is 1. The fraction of sp³-hybridized carbons (Fsp3) is 0.241. The van der Waals surface area contributed by atoms with Gasteiger partial charge >= 0.3 is 6.18 Å². The third-order valence-corrected chi connectivity index (χ3v) is 6.37. The lowest BCUT2D eigenvalue weighted by molar-refractivity contribution is -0.137. The van der Waals surface area contributed by atoms with Crippen LogP contribution in [0.5, 0.6) is 0 Å². The lowest BCUT2D eigenvalue weighted by Gasteiger charge is -2.23. The van der Waals surface area contributed by atoms with E-state index in [0.29, 0.717) is 40.1 Å². The summed E-state index contributed by atoms with van der Waals surface area (Å²) in [6, 6.07) is 10.9. The summed E-state index contributed by atoms with van der Waals surface area (Å²) in [6.07, 6.45) is -2.63. The summed E-state index contributed by atoms with van der Waals surface area (Å²) in [5.41, 5.74) is 7.20. The number of halogens is 5. The van der Waals surface area contributed by atoms with Gasteiger partial charge in [0.2, 0.25) is 0 Å².